The first-order valence-electron chi connectivity index (χ1n) is 19.8. The van der Waals surface area contributed by atoms with E-state index >= 15 is 0 Å². The van der Waals surface area contributed by atoms with Crippen LogP contribution in [0.15, 0.2) is 176 Å². The van der Waals surface area contributed by atoms with Gasteiger partial charge in [-0.25, -0.2) is 0 Å². The third kappa shape index (κ3) is 3.64. The number of thiophene rings is 1. The quantitative estimate of drug-likeness (QED) is 0.166. The van der Waals surface area contributed by atoms with Crippen molar-refractivity contribution in [1.29, 1.82) is 0 Å². The first-order chi connectivity index (χ1) is 28.3. The number of benzene rings is 9. The molecule has 1 N–H and O–H groups in total. The highest BCUT2D eigenvalue weighted by Gasteiger charge is 2.53. The van der Waals surface area contributed by atoms with E-state index in [9.17, 15) is 0 Å². The van der Waals surface area contributed by atoms with Gasteiger partial charge in [0.1, 0.15) is 0 Å². The Hall–Kier alpha value is -6.88. The Morgan fingerprint density at radius 3 is 1.98 bits per heavy atom. The van der Waals surface area contributed by atoms with Gasteiger partial charge in [-0.15, -0.1) is 11.3 Å². The molecule has 261 valence electrons. The minimum absolute atomic E-state index is 0.444. The predicted octanol–water partition coefficient (Wildman–Crippen LogP) is 12.6. The SMILES string of the molecule is [B]1c2cccc3c2N(c2ccccc2C32c3ccccc3-c3ccccc32)c2cc3sc4ccccc4c3c(-c3cccc4c3[nH]c3c5ccccc5ccc43)c21. The number of aromatic amines is 1. The van der Waals surface area contributed by atoms with Gasteiger partial charge in [0.2, 0.25) is 0 Å². The van der Waals surface area contributed by atoms with E-state index in [0.29, 0.717) is 0 Å². The zero-order chi connectivity index (χ0) is 37.0. The summed E-state index contributed by atoms with van der Waals surface area (Å²) in [6.07, 6.45) is 0. The van der Waals surface area contributed by atoms with Crippen molar-refractivity contribution in [2.75, 3.05) is 4.90 Å². The molecule has 1 aliphatic carbocycles. The minimum atomic E-state index is -0.444. The fourth-order valence-corrected chi connectivity index (χ4v) is 12.2. The number of hydrogen-bond donors (Lipinski definition) is 1. The fraction of sp³-hybridized carbons (Fsp3) is 0.0189. The molecular weight excluding hydrogens is 707 g/mol. The van der Waals surface area contributed by atoms with Crippen LogP contribution in [0.5, 0.6) is 0 Å². The number of nitrogens with one attached hydrogen (secondary N) is 1. The summed E-state index contributed by atoms with van der Waals surface area (Å²) in [5.74, 6) is 0. The van der Waals surface area contributed by atoms with Gasteiger partial charge in [0, 0.05) is 53.3 Å². The standard InChI is InChI=1S/C53H30BN2S/c1-2-14-31-30(13-1)27-28-35-34-18-11-19-37(51(34)55-50(31)35)48-47-36-17-5-10-26-45(36)57-46(47)29-44-49(48)54-42-24-12-23-41-52(42)56(44)43-25-9-8-22-40(43)53(41)38-20-6-3-15-32(38)33-16-4-7-21-39(33)53/h1-29,55H. The summed E-state index contributed by atoms with van der Waals surface area (Å²) < 4.78 is 2.61. The number of aromatic nitrogens is 1. The van der Waals surface area contributed by atoms with Gasteiger partial charge < -0.3 is 9.88 Å². The van der Waals surface area contributed by atoms with Crippen LogP contribution >= 0.6 is 11.3 Å². The second kappa shape index (κ2) is 10.7. The van der Waals surface area contributed by atoms with Crippen LogP contribution in [0.25, 0.3) is 75.0 Å². The predicted molar refractivity (Wildman–Crippen MR) is 242 cm³/mol. The first-order valence-corrected chi connectivity index (χ1v) is 20.6. The molecule has 0 amide bonds. The molecule has 1 spiro atoms. The van der Waals surface area contributed by atoms with E-state index in [-0.39, 0.29) is 0 Å². The number of para-hydroxylation sites is 3. The van der Waals surface area contributed by atoms with E-state index in [1.807, 2.05) is 11.3 Å². The maximum atomic E-state index is 4.01. The summed E-state index contributed by atoms with van der Waals surface area (Å²) in [7, 11) is 2.50. The number of hydrogen-bond acceptors (Lipinski definition) is 2. The van der Waals surface area contributed by atoms with E-state index in [2.05, 4.69) is 193 Å². The molecule has 11 aromatic rings. The number of anilines is 3. The summed E-state index contributed by atoms with van der Waals surface area (Å²) in [6.45, 7) is 0. The summed E-state index contributed by atoms with van der Waals surface area (Å²) >= 11 is 1.90. The number of fused-ring (bicyclic) bond motifs is 19. The number of rotatable bonds is 1. The van der Waals surface area contributed by atoms with Gasteiger partial charge in [0.25, 0.3) is 0 Å². The number of nitrogens with zero attached hydrogens (tertiary/aromatic N) is 1. The highest BCUT2D eigenvalue weighted by Crippen LogP contribution is 2.63. The van der Waals surface area contributed by atoms with Crippen LogP contribution < -0.4 is 15.8 Å². The molecule has 4 heteroatoms. The highest BCUT2D eigenvalue weighted by molar-refractivity contribution is 7.26. The Kier molecular flexibility index (Phi) is 5.70. The van der Waals surface area contributed by atoms with Gasteiger partial charge in [-0.3, -0.25) is 0 Å². The van der Waals surface area contributed by atoms with Crippen LogP contribution in [0.1, 0.15) is 22.3 Å². The monoisotopic (exact) mass is 737 g/mol. The Balaban J connectivity index is 1.12. The first kappa shape index (κ1) is 30.4. The lowest BCUT2D eigenvalue weighted by Crippen LogP contribution is -2.47. The van der Waals surface area contributed by atoms with Gasteiger partial charge in [0.15, 0.2) is 7.28 Å². The van der Waals surface area contributed by atoms with Crippen molar-refractivity contribution in [2.45, 2.75) is 5.41 Å². The molecule has 9 aromatic carbocycles. The molecule has 0 bridgehead atoms. The van der Waals surface area contributed by atoms with Crippen molar-refractivity contribution in [2.24, 2.45) is 0 Å². The van der Waals surface area contributed by atoms with Gasteiger partial charge in [-0.2, -0.15) is 0 Å². The Bertz CT molecular complexity index is 3540. The smallest absolute Gasteiger partial charge is 0.197 e. The molecule has 2 aromatic heterocycles. The van der Waals surface area contributed by atoms with E-state index in [1.165, 1.54) is 125 Å². The zero-order valence-electron chi connectivity index (χ0n) is 30.7. The van der Waals surface area contributed by atoms with Crippen molar-refractivity contribution in [3.63, 3.8) is 0 Å². The molecule has 4 heterocycles. The lowest BCUT2D eigenvalue weighted by molar-refractivity contribution is 0.754. The lowest BCUT2D eigenvalue weighted by Gasteiger charge is -2.48. The van der Waals surface area contributed by atoms with Gasteiger partial charge in [0.05, 0.1) is 22.1 Å². The van der Waals surface area contributed by atoms with Crippen LogP contribution in [0.3, 0.4) is 0 Å². The molecule has 14 rings (SSSR count). The molecule has 0 unspecified atom stereocenters. The molecule has 0 saturated carbocycles. The Morgan fingerprint density at radius 1 is 0.474 bits per heavy atom. The van der Waals surface area contributed by atoms with Gasteiger partial charge in [-0.05, 0) is 68.0 Å². The van der Waals surface area contributed by atoms with Crippen LogP contribution in [0.2, 0.25) is 0 Å². The molecule has 3 aliphatic rings. The summed E-state index contributed by atoms with van der Waals surface area (Å²) in [4.78, 5) is 6.62. The molecule has 2 aliphatic heterocycles. The fourth-order valence-electron chi connectivity index (χ4n) is 11.1. The topological polar surface area (TPSA) is 19.0 Å². The minimum Gasteiger partial charge on any atom is -0.353 e. The normalized spacial score (nSPS) is 14.2. The van der Waals surface area contributed by atoms with Crippen LogP contribution in [-0.2, 0) is 5.41 Å². The Morgan fingerprint density at radius 2 is 1.12 bits per heavy atom. The van der Waals surface area contributed by atoms with Crippen LogP contribution in [-0.4, -0.2) is 12.3 Å². The van der Waals surface area contributed by atoms with Crippen molar-refractivity contribution in [3.8, 4) is 22.3 Å². The lowest BCUT2D eigenvalue weighted by atomic mass is 9.54. The van der Waals surface area contributed by atoms with E-state index in [0.717, 1.165) is 0 Å². The Labute approximate surface area is 333 Å². The summed E-state index contributed by atoms with van der Waals surface area (Å²) in [6, 6.07) is 66.0. The van der Waals surface area contributed by atoms with Crippen molar-refractivity contribution in [3.05, 3.63) is 198 Å². The molecule has 0 atom stereocenters. The second-order valence-corrected chi connectivity index (χ2v) is 16.9. The van der Waals surface area contributed by atoms with Crippen molar-refractivity contribution >= 4 is 99.4 Å². The molecule has 1 radical (unpaired) electrons. The average molecular weight is 738 g/mol. The maximum absolute atomic E-state index is 4.01. The van der Waals surface area contributed by atoms with E-state index in [4.69, 9.17) is 0 Å². The van der Waals surface area contributed by atoms with Gasteiger partial charge in [-0.1, -0.05) is 163 Å². The molecule has 2 nitrogen and oxygen atoms in total. The summed E-state index contributed by atoms with van der Waals surface area (Å²) in [5, 5.41) is 7.63. The van der Waals surface area contributed by atoms with Crippen LogP contribution in [0.4, 0.5) is 17.1 Å². The second-order valence-electron chi connectivity index (χ2n) is 15.8. The average Bonchev–Trinajstić information content (AvgIpc) is 3.93. The molecule has 0 fully saturated rings. The third-order valence-electron chi connectivity index (χ3n) is 13.2. The van der Waals surface area contributed by atoms with E-state index in [1.54, 1.807) is 0 Å². The summed E-state index contributed by atoms with van der Waals surface area (Å²) in [5.41, 5.74) is 18.7. The van der Waals surface area contributed by atoms with Gasteiger partial charge >= 0.3 is 0 Å². The zero-order valence-corrected chi connectivity index (χ0v) is 31.5. The van der Waals surface area contributed by atoms with Crippen molar-refractivity contribution in [1.82, 2.24) is 4.98 Å². The third-order valence-corrected chi connectivity index (χ3v) is 14.3. The molecule has 57 heavy (non-hydrogen) atoms. The van der Waals surface area contributed by atoms with E-state index < -0.39 is 5.41 Å². The maximum Gasteiger partial charge on any atom is 0.197 e. The molecule has 0 saturated heterocycles. The van der Waals surface area contributed by atoms with Crippen molar-refractivity contribution < 1.29 is 0 Å². The van der Waals surface area contributed by atoms with Crippen LogP contribution in [0, 0.1) is 0 Å². The molecular formula is C53H30BN2S. The highest BCUT2D eigenvalue weighted by atomic mass is 32.1. The largest absolute Gasteiger partial charge is 0.353 e. The number of H-pyrrole nitrogens is 1.